The van der Waals surface area contributed by atoms with E-state index < -0.39 is 11.9 Å². The number of phenolic OH excluding ortho intramolecular Hbond substituents is 1. The van der Waals surface area contributed by atoms with Crippen molar-refractivity contribution in [3.05, 3.63) is 81.9 Å². The van der Waals surface area contributed by atoms with Gasteiger partial charge in [-0.25, -0.2) is 0 Å². The third kappa shape index (κ3) is 3.70. The van der Waals surface area contributed by atoms with Crippen molar-refractivity contribution in [2.45, 2.75) is 12.3 Å². The maximum Gasteiger partial charge on any atom is 0.312 e. The molecule has 0 radical (unpaired) electrons. The third-order valence-electron chi connectivity index (χ3n) is 5.28. The molecule has 158 valence electrons. The summed E-state index contributed by atoms with van der Waals surface area (Å²) < 4.78 is 16.3. The molecule has 1 heterocycles. The minimum absolute atomic E-state index is 0.0251. The van der Waals surface area contributed by atoms with E-state index >= 15 is 0 Å². The van der Waals surface area contributed by atoms with Crippen LogP contribution in [0.2, 0.25) is 5.02 Å². The van der Waals surface area contributed by atoms with Gasteiger partial charge in [-0.1, -0.05) is 23.7 Å². The molecule has 0 aromatic heterocycles. The Bertz CT molecular complexity index is 1170. The van der Waals surface area contributed by atoms with Crippen LogP contribution in [0.5, 0.6) is 23.0 Å². The van der Waals surface area contributed by atoms with Crippen LogP contribution in [0.25, 0.3) is 0 Å². The predicted molar refractivity (Wildman–Crippen MR) is 115 cm³/mol. The zero-order valence-corrected chi connectivity index (χ0v) is 17.6. The number of rotatable bonds is 5. The smallest absolute Gasteiger partial charge is 0.312 e. The number of carbonyl (C=O) groups excluding carboxylic acids is 2. The molecule has 0 spiro atoms. The van der Waals surface area contributed by atoms with Crippen LogP contribution in [0, 0.1) is 0 Å². The Morgan fingerprint density at radius 3 is 2.48 bits per heavy atom. The summed E-state index contributed by atoms with van der Waals surface area (Å²) in [5.74, 6) is -0.489. The molecule has 1 N–H and O–H groups in total. The number of benzene rings is 3. The van der Waals surface area contributed by atoms with E-state index in [0.29, 0.717) is 33.2 Å². The second kappa shape index (κ2) is 8.32. The number of hydrogen-bond acceptors (Lipinski definition) is 6. The number of phenols is 1. The summed E-state index contributed by atoms with van der Waals surface area (Å²) in [5, 5.41) is 11.6. The fourth-order valence-electron chi connectivity index (χ4n) is 3.84. The summed E-state index contributed by atoms with van der Waals surface area (Å²) in [6.07, 6.45) is -0.0251. The van der Waals surface area contributed by atoms with Crippen LogP contribution in [0.3, 0.4) is 0 Å². The highest BCUT2D eigenvalue weighted by atomic mass is 35.5. The van der Waals surface area contributed by atoms with E-state index in [1.165, 1.54) is 26.4 Å². The van der Waals surface area contributed by atoms with Gasteiger partial charge in [0.25, 0.3) is 0 Å². The average molecular weight is 439 g/mol. The fraction of sp³-hybridized carbons (Fsp3) is 0.167. The van der Waals surface area contributed by atoms with Crippen molar-refractivity contribution in [1.82, 2.24) is 0 Å². The Hall–Kier alpha value is -3.51. The lowest BCUT2D eigenvalue weighted by atomic mass is 9.83. The highest BCUT2D eigenvalue weighted by Gasteiger charge is 2.35. The van der Waals surface area contributed by atoms with E-state index in [2.05, 4.69) is 0 Å². The second-order valence-electron chi connectivity index (χ2n) is 7.02. The number of esters is 1. The lowest BCUT2D eigenvalue weighted by molar-refractivity contribution is -0.135. The van der Waals surface area contributed by atoms with Gasteiger partial charge in [0, 0.05) is 27.6 Å². The van der Waals surface area contributed by atoms with Gasteiger partial charge in [0.05, 0.1) is 26.2 Å². The maximum atomic E-state index is 13.0. The van der Waals surface area contributed by atoms with E-state index in [0.717, 1.165) is 0 Å². The van der Waals surface area contributed by atoms with Crippen molar-refractivity contribution in [3.63, 3.8) is 0 Å². The average Bonchev–Trinajstić information content (AvgIpc) is 2.78. The quantitative estimate of drug-likeness (QED) is 0.352. The first kappa shape index (κ1) is 20.8. The van der Waals surface area contributed by atoms with E-state index in [-0.39, 0.29) is 29.3 Å². The standard InChI is InChI=1S/C24H19ClO6/c1-29-19-5-3-4-15(24(19)30-2)17-12-20(26)31-18-11-10-16(23(28)21(17)18)22(27)13-6-8-14(25)9-7-13/h3-11,17,28H,12H2,1-2H3. The van der Waals surface area contributed by atoms with Crippen LogP contribution >= 0.6 is 11.6 Å². The second-order valence-corrected chi connectivity index (χ2v) is 7.46. The predicted octanol–water partition coefficient (Wildman–Crippen LogP) is 4.73. The molecule has 1 aliphatic heterocycles. The van der Waals surface area contributed by atoms with Crippen LogP contribution in [-0.2, 0) is 4.79 Å². The molecule has 0 aliphatic carbocycles. The number of hydrogen-bond donors (Lipinski definition) is 1. The highest BCUT2D eigenvalue weighted by Crippen LogP contribution is 2.49. The first-order chi connectivity index (χ1) is 14.9. The molecule has 0 amide bonds. The molecule has 0 fully saturated rings. The summed E-state index contributed by atoms with van der Waals surface area (Å²) in [4.78, 5) is 25.3. The Labute approximate surface area is 183 Å². The topological polar surface area (TPSA) is 82.1 Å². The van der Waals surface area contributed by atoms with Gasteiger partial charge in [-0.15, -0.1) is 0 Å². The van der Waals surface area contributed by atoms with Crippen molar-refractivity contribution < 1.29 is 28.9 Å². The molecule has 1 aliphatic rings. The van der Waals surface area contributed by atoms with Gasteiger partial charge in [0.15, 0.2) is 17.3 Å². The molecule has 3 aromatic carbocycles. The molecule has 0 saturated heterocycles. The molecule has 3 aromatic rings. The van der Waals surface area contributed by atoms with Crippen molar-refractivity contribution in [1.29, 1.82) is 0 Å². The summed E-state index contributed by atoms with van der Waals surface area (Å²) in [7, 11) is 3.02. The van der Waals surface area contributed by atoms with E-state index in [1.807, 2.05) is 0 Å². The molecule has 7 heteroatoms. The SMILES string of the molecule is COc1cccc(C2CC(=O)Oc3ccc(C(=O)c4ccc(Cl)cc4)c(O)c32)c1OC. The summed E-state index contributed by atoms with van der Waals surface area (Å²) in [6.45, 7) is 0. The monoisotopic (exact) mass is 438 g/mol. The Morgan fingerprint density at radius 1 is 1.06 bits per heavy atom. The molecule has 1 unspecified atom stereocenters. The zero-order valence-electron chi connectivity index (χ0n) is 16.8. The van der Waals surface area contributed by atoms with E-state index in [9.17, 15) is 14.7 Å². The number of para-hydroxylation sites is 1. The van der Waals surface area contributed by atoms with Crippen LogP contribution in [0.1, 0.15) is 39.4 Å². The lowest BCUT2D eigenvalue weighted by Crippen LogP contribution is -2.22. The molecular formula is C24H19ClO6. The number of methoxy groups -OCH3 is 2. The van der Waals surface area contributed by atoms with Gasteiger partial charge in [-0.2, -0.15) is 0 Å². The third-order valence-corrected chi connectivity index (χ3v) is 5.53. The van der Waals surface area contributed by atoms with Crippen molar-refractivity contribution in [2.24, 2.45) is 0 Å². The molecule has 31 heavy (non-hydrogen) atoms. The van der Waals surface area contributed by atoms with E-state index in [1.54, 1.807) is 42.5 Å². The number of halogens is 1. The number of ketones is 1. The fourth-order valence-corrected chi connectivity index (χ4v) is 3.97. The molecule has 0 bridgehead atoms. The minimum atomic E-state index is -0.584. The molecule has 1 atom stereocenters. The Balaban J connectivity index is 1.87. The van der Waals surface area contributed by atoms with Gasteiger partial charge in [0.2, 0.25) is 0 Å². The summed E-state index contributed by atoms with van der Waals surface area (Å²) in [6, 6.07) is 14.7. The Morgan fingerprint density at radius 2 is 1.81 bits per heavy atom. The molecule has 6 nitrogen and oxygen atoms in total. The van der Waals surface area contributed by atoms with Gasteiger partial charge in [-0.05, 0) is 42.5 Å². The van der Waals surface area contributed by atoms with E-state index in [4.69, 9.17) is 25.8 Å². The molecule has 0 saturated carbocycles. The number of carbonyl (C=O) groups is 2. The summed E-state index contributed by atoms with van der Waals surface area (Å²) in [5.41, 5.74) is 1.48. The van der Waals surface area contributed by atoms with Gasteiger partial charge in [-0.3, -0.25) is 9.59 Å². The summed E-state index contributed by atoms with van der Waals surface area (Å²) >= 11 is 5.91. The maximum absolute atomic E-state index is 13.0. The van der Waals surface area contributed by atoms with Gasteiger partial charge >= 0.3 is 5.97 Å². The molecule has 4 rings (SSSR count). The van der Waals surface area contributed by atoms with Crippen molar-refractivity contribution >= 4 is 23.4 Å². The zero-order chi connectivity index (χ0) is 22.1. The van der Waals surface area contributed by atoms with Crippen LogP contribution < -0.4 is 14.2 Å². The van der Waals surface area contributed by atoms with Crippen molar-refractivity contribution in [3.8, 4) is 23.0 Å². The number of ether oxygens (including phenoxy) is 3. The minimum Gasteiger partial charge on any atom is -0.507 e. The number of aromatic hydroxyl groups is 1. The highest BCUT2D eigenvalue weighted by molar-refractivity contribution is 6.30. The Kier molecular flexibility index (Phi) is 5.57. The van der Waals surface area contributed by atoms with Crippen LogP contribution in [0.4, 0.5) is 0 Å². The van der Waals surface area contributed by atoms with Gasteiger partial charge in [0.1, 0.15) is 11.5 Å². The number of fused-ring (bicyclic) bond motifs is 1. The lowest BCUT2D eigenvalue weighted by Gasteiger charge is -2.28. The van der Waals surface area contributed by atoms with Crippen molar-refractivity contribution in [2.75, 3.05) is 14.2 Å². The van der Waals surface area contributed by atoms with Crippen LogP contribution in [0.15, 0.2) is 54.6 Å². The van der Waals surface area contributed by atoms with Crippen LogP contribution in [-0.4, -0.2) is 31.1 Å². The first-order valence-electron chi connectivity index (χ1n) is 9.52. The largest absolute Gasteiger partial charge is 0.507 e. The molecular weight excluding hydrogens is 420 g/mol. The normalized spacial score (nSPS) is 15.1. The first-order valence-corrected chi connectivity index (χ1v) is 9.90. The van der Waals surface area contributed by atoms with Gasteiger partial charge < -0.3 is 19.3 Å².